The quantitative estimate of drug-likeness (QED) is 0.539. The first-order chi connectivity index (χ1) is 12.1. The Morgan fingerprint density at radius 3 is 2.36 bits per heavy atom. The van der Waals surface area contributed by atoms with Crippen molar-refractivity contribution in [1.29, 1.82) is 0 Å². The lowest BCUT2D eigenvalue weighted by Crippen LogP contribution is -2.05. The standard InChI is InChI=1S/C19H14N2O2S2/c22-25(23,18-10-9-15-3-1-2-4-17(15)11-18)13-14-5-7-16(8-6-14)19-12-24-21-20-19/h1-12H,13H2. The minimum Gasteiger partial charge on any atom is -0.223 e. The van der Waals surface area contributed by atoms with E-state index in [0.717, 1.165) is 27.6 Å². The fourth-order valence-electron chi connectivity index (χ4n) is 2.73. The molecule has 0 N–H and O–H groups in total. The van der Waals surface area contributed by atoms with E-state index in [4.69, 9.17) is 0 Å². The van der Waals surface area contributed by atoms with Crippen LogP contribution in [-0.4, -0.2) is 18.0 Å². The van der Waals surface area contributed by atoms with E-state index in [9.17, 15) is 8.42 Å². The van der Waals surface area contributed by atoms with E-state index >= 15 is 0 Å². The highest BCUT2D eigenvalue weighted by atomic mass is 32.2. The largest absolute Gasteiger partial charge is 0.223 e. The van der Waals surface area contributed by atoms with Crippen LogP contribution >= 0.6 is 11.5 Å². The Hall–Kier alpha value is -2.57. The maximum atomic E-state index is 12.7. The number of benzene rings is 3. The van der Waals surface area contributed by atoms with Crippen molar-refractivity contribution in [2.45, 2.75) is 10.6 Å². The third-order valence-electron chi connectivity index (χ3n) is 4.05. The minimum atomic E-state index is -3.40. The van der Waals surface area contributed by atoms with Crippen molar-refractivity contribution in [2.75, 3.05) is 0 Å². The van der Waals surface area contributed by atoms with Gasteiger partial charge in [-0.2, -0.15) is 0 Å². The summed E-state index contributed by atoms with van der Waals surface area (Å²) in [6.07, 6.45) is 0. The molecule has 1 heterocycles. The molecule has 0 amide bonds. The lowest BCUT2D eigenvalue weighted by atomic mass is 10.1. The van der Waals surface area contributed by atoms with Crippen LogP contribution < -0.4 is 0 Å². The maximum absolute atomic E-state index is 12.7. The van der Waals surface area contributed by atoms with Gasteiger partial charge >= 0.3 is 0 Å². The zero-order valence-electron chi connectivity index (χ0n) is 13.2. The molecule has 6 heteroatoms. The number of aromatic nitrogens is 2. The first kappa shape index (κ1) is 15.9. The predicted molar refractivity (Wildman–Crippen MR) is 100 cm³/mol. The Morgan fingerprint density at radius 1 is 0.880 bits per heavy atom. The Kier molecular flexibility index (Phi) is 4.07. The molecule has 4 aromatic rings. The molecule has 0 aliphatic carbocycles. The number of sulfone groups is 1. The summed E-state index contributed by atoms with van der Waals surface area (Å²) in [6.45, 7) is 0. The monoisotopic (exact) mass is 366 g/mol. The molecule has 0 atom stereocenters. The highest BCUT2D eigenvalue weighted by Gasteiger charge is 2.16. The number of rotatable bonds is 4. The van der Waals surface area contributed by atoms with Gasteiger partial charge in [-0.25, -0.2) is 8.42 Å². The molecule has 0 fully saturated rings. The van der Waals surface area contributed by atoms with Crippen LogP contribution in [0.2, 0.25) is 0 Å². The summed E-state index contributed by atoms with van der Waals surface area (Å²) in [6, 6.07) is 20.4. The Morgan fingerprint density at radius 2 is 1.64 bits per heavy atom. The average Bonchev–Trinajstić information content (AvgIpc) is 3.16. The summed E-state index contributed by atoms with van der Waals surface area (Å²) >= 11 is 1.29. The van der Waals surface area contributed by atoms with Crippen molar-refractivity contribution in [3.63, 3.8) is 0 Å². The van der Waals surface area contributed by atoms with Crippen LogP contribution in [0.15, 0.2) is 77.0 Å². The number of hydrogen-bond donors (Lipinski definition) is 0. The second-order valence-corrected chi connectivity index (χ2v) is 8.35. The van der Waals surface area contributed by atoms with Gasteiger partial charge in [-0.05, 0) is 40.0 Å². The first-order valence-corrected chi connectivity index (χ1v) is 10.2. The van der Waals surface area contributed by atoms with Crippen molar-refractivity contribution in [1.82, 2.24) is 9.59 Å². The molecule has 4 rings (SSSR count). The zero-order valence-corrected chi connectivity index (χ0v) is 14.8. The molecule has 0 aliphatic heterocycles. The van der Waals surface area contributed by atoms with Gasteiger partial charge in [-0.15, -0.1) is 5.10 Å². The molecule has 0 aliphatic rings. The van der Waals surface area contributed by atoms with Gasteiger partial charge < -0.3 is 0 Å². The maximum Gasteiger partial charge on any atom is 0.182 e. The number of nitrogens with zero attached hydrogens (tertiary/aromatic N) is 2. The summed E-state index contributed by atoms with van der Waals surface area (Å²) < 4.78 is 29.3. The number of hydrogen-bond acceptors (Lipinski definition) is 5. The second kappa shape index (κ2) is 6.38. The Labute approximate surface area is 149 Å². The van der Waals surface area contributed by atoms with Crippen LogP contribution in [0.25, 0.3) is 22.0 Å². The van der Waals surface area contributed by atoms with Gasteiger partial charge in [0.2, 0.25) is 0 Å². The molecule has 0 unspecified atom stereocenters. The molecule has 0 radical (unpaired) electrons. The van der Waals surface area contributed by atoms with E-state index in [-0.39, 0.29) is 5.75 Å². The summed E-state index contributed by atoms with van der Waals surface area (Å²) in [5, 5.41) is 7.84. The summed E-state index contributed by atoms with van der Waals surface area (Å²) in [5.74, 6) is -0.0268. The normalized spacial score (nSPS) is 11.7. The molecular weight excluding hydrogens is 352 g/mol. The van der Waals surface area contributed by atoms with Gasteiger partial charge in [-0.3, -0.25) is 0 Å². The van der Waals surface area contributed by atoms with E-state index in [1.807, 2.05) is 60.0 Å². The summed E-state index contributed by atoms with van der Waals surface area (Å²) in [4.78, 5) is 0.346. The highest BCUT2D eigenvalue weighted by molar-refractivity contribution is 7.90. The van der Waals surface area contributed by atoms with Crippen LogP contribution in [-0.2, 0) is 15.6 Å². The third kappa shape index (κ3) is 3.31. The van der Waals surface area contributed by atoms with Gasteiger partial charge in [-0.1, -0.05) is 59.1 Å². The molecule has 0 saturated carbocycles. The molecule has 0 spiro atoms. The third-order valence-corrected chi connectivity index (χ3v) is 6.24. The van der Waals surface area contributed by atoms with Crippen LogP contribution in [0.1, 0.15) is 5.56 Å². The molecule has 0 saturated heterocycles. The molecule has 3 aromatic carbocycles. The lowest BCUT2D eigenvalue weighted by molar-refractivity contribution is 0.595. The average molecular weight is 366 g/mol. The van der Waals surface area contributed by atoms with E-state index in [2.05, 4.69) is 9.59 Å². The Bertz CT molecular complexity index is 1120. The topological polar surface area (TPSA) is 59.9 Å². The predicted octanol–water partition coefficient (Wildman–Crippen LogP) is 4.33. The lowest BCUT2D eigenvalue weighted by Gasteiger charge is -2.07. The number of fused-ring (bicyclic) bond motifs is 1. The van der Waals surface area contributed by atoms with Crippen molar-refractivity contribution < 1.29 is 8.42 Å². The molecule has 124 valence electrons. The van der Waals surface area contributed by atoms with Gasteiger partial charge in [0.1, 0.15) is 5.69 Å². The molecule has 4 nitrogen and oxygen atoms in total. The van der Waals surface area contributed by atoms with Gasteiger partial charge in [0.05, 0.1) is 10.6 Å². The van der Waals surface area contributed by atoms with E-state index in [1.54, 1.807) is 12.1 Å². The molecular formula is C19H14N2O2S2. The fourth-order valence-corrected chi connectivity index (χ4v) is 4.57. The van der Waals surface area contributed by atoms with E-state index < -0.39 is 9.84 Å². The van der Waals surface area contributed by atoms with Gasteiger partial charge in [0.15, 0.2) is 9.84 Å². The van der Waals surface area contributed by atoms with Gasteiger partial charge in [0, 0.05) is 10.9 Å². The highest BCUT2D eigenvalue weighted by Crippen LogP contribution is 2.24. The minimum absolute atomic E-state index is 0.0268. The van der Waals surface area contributed by atoms with E-state index in [0.29, 0.717) is 4.90 Å². The van der Waals surface area contributed by atoms with Crippen LogP contribution in [0.5, 0.6) is 0 Å². The van der Waals surface area contributed by atoms with Gasteiger partial charge in [0.25, 0.3) is 0 Å². The first-order valence-electron chi connectivity index (χ1n) is 7.70. The summed E-state index contributed by atoms with van der Waals surface area (Å²) in [7, 11) is -3.40. The van der Waals surface area contributed by atoms with E-state index in [1.165, 1.54) is 11.5 Å². The second-order valence-electron chi connectivity index (χ2n) is 5.76. The SMILES string of the molecule is O=S(=O)(Cc1ccc(-c2csnn2)cc1)c1ccc2ccccc2c1. The van der Waals surface area contributed by atoms with Crippen LogP contribution in [0, 0.1) is 0 Å². The Balaban J connectivity index is 1.61. The van der Waals surface area contributed by atoms with Crippen molar-refractivity contribution in [3.05, 3.63) is 77.7 Å². The smallest absolute Gasteiger partial charge is 0.182 e. The molecule has 0 bridgehead atoms. The fraction of sp³-hybridized carbons (Fsp3) is 0.0526. The van der Waals surface area contributed by atoms with Crippen LogP contribution in [0.3, 0.4) is 0 Å². The summed E-state index contributed by atoms with van der Waals surface area (Å²) in [5.41, 5.74) is 2.48. The van der Waals surface area contributed by atoms with Crippen molar-refractivity contribution >= 4 is 32.1 Å². The molecule has 1 aromatic heterocycles. The van der Waals surface area contributed by atoms with Crippen molar-refractivity contribution in [2.24, 2.45) is 0 Å². The van der Waals surface area contributed by atoms with Crippen molar-refractivity contribution in [3.8, 4) is 11.3 Å². The van der Waals surface area contributed by atoms with Crippen LogP contribution in [0.4, 0.5) is 0 Å². The molecule has 25 heavy (non-hydrogen) atoms. The zero-order chi connectivity index (χ0) is 17.3.